The highest BCUT2D eigenvalue weighted by molar-refractivity contribution is 6.32. The van der Waals surface area contributed by atoms with Crippen LogP contribution in [-0.2, 0) is 6.61 Å². The number of nitrogens with zero attached hydrogens (tertiary/aromatic N) is 1. The molecule has 126 valence electrons. The van der Waals surface area contributed by atoms with E-state index < -0.39 is 0 Å². The zero-order valence-electron chi connectivity index (χ0n) is 13.6. The van der Waals surface area contributed by atoms with E-state index in [-0.39, 0.29) is 18.3 Å². The van der Waals surface area contributed by atoms with Gasteiger partial charge in [0.25, 0.3) is 0 Å². The number of para-hydroxylation sites is 1. The molecule has 1 amide bonds. The first-order chi connectivity index (χ1) is 11.5. The molecule has 6 heteroatoms. The monoisotopic (exact) mass is 346 g/mol. The van der Waals surface area contributed by atoms with Crippen LogP contribution in [0.4, 0.5) is 0 Å². The molecule has 0 atom stereocenters. The first kappa shape index (κ1) is 16.6. The van der Waals surface area contributed by atoms with Crippen LogP contribution in [0.2, 0.25) is 5.02 Å². The summed E-state index contributed by atoms with van der Waals surface area (Å²) in [4.78, 5) is 12.0. The number of hydrazone groups is 1. The molecular weight excluding hydrogens is 328 g/mol. The molecule has 3 rings (SSSR count). The summed E-state index contributed by atoms with van der Waals surface area (Å²) in [5.41, 5.74) is 4.41. The molecule has 1 aliphatic carbocycles. The van der Waals surface area contributed by atoms with Crippen molar-refractivity contribution in [1.29, 1.82) is 0 Å². The zero-order valence-corrected chi connectivity index (χ0v) is 14.4. The number of rotatable bonds is 6. The highest BCUT2D eigenvalue weighted by Crippen LogP contribution is 2.30. The van der Waals surface area contributed by atoms with E-state index in [9.17, 15) is 4.79 Å². The van der Waals surface area contributed by atoms with Crippen molar-refractivity contribution in [1.82, 2.24) is 5.43 Å². The Hall–Kier alpha value is -2.27. The van der Waals surface area contributed by atoms with Crippen LogP contribution >= 0.6 is 11.6 Å². The van der Waals surface area contributed by atoms with Crippen LogP contribution in [0.5, 0.6) is 5.75 Å². The van der Waals surface area contributed by atoms with Gasteiger partial charge in [0.2, 0.25) is 0 Å². The summed E-state index contributed by atoms with van der Waals surface area (Å²) in [7, 11) is 0. The van der Waals surface area contributed by atoms with Crippen LogP contribution in [0.3, 0.4) is 0 Å². The number of hydrogen-bond donors (Lipinski definition) is 1. The van der Waals surface area contributed by atoms with E-state index in [1.807, 2.05) is 26.0 Å². The summed E-state index contributed by atoms with van der Waals surface area (Å²) in [5, 5.41) is 4.64. The minimum absolute atomic E-state index is 0.197. The van der Waals surface area contributed by atoms with Crippen LogP contribution < -0.4 is 10.2 Å². The summed E-state index contributed by atoms with van der Waals surface area (Å²) in [6.45, 7) is 4.04. The lowest BCUT2D eigenvalue weighted by Gasteiger charge is -2.09. The number of halogens is 1. The molecule has 1 saturated carbocycles. The fraction of sp³-hybridized carbons (Fsp3) is 0.333. The van der Waals surface area contributed by atoms with Crippen LogP contribution in [-0.4, -0.2) is 11.6 Å². The van der Waals surface area contributed by atoms with Crippen molar-refractivity contribution in [2.24, 2.45) is 11.0 Å². The van der Waals surface area contributed by atoms with E-state index in [4.69, 9.17) is 20.8 Å². The van der Waals surface area contributed by atoms with Gasteiger partial charge in [0.05, 0.1) is 5.02 Å². The highest BCUT2D eigenvalue weighted by atomic mass is 35.5. The molecule has 5 nitrogen and oxygen atoms in total. The highest BCUT2D eigenvalue weighted by Gasteiger charge is 2.24. The maximum absolute atomic E-state index is 12.0. The normalized spacial score (nSPS) is 14.5. The Bertz CT molecular complexity index is 758. The molecule has 0 aliphatic heterocycles. The van der Waals surface area contributed by atoms with Gasteiger partial charge in [-0.05, 0) is 56.4 Å². The molecule has 0 bridgehead atoms. The molecular formula is C18H19ClN2O3. The third kappa shape index (κ3) is 3.97. The van der Waals surface area contributed by atoms with Crippen molar-refractivity contribution in [3.8, 4) is 5.75 Å². The van der Waals surface area contributed by atoms with Gasteiger partial charge in [-0.1, -0.05) is 23.7 Å². The zero-order chi connectivity index (χ0) is 17.1. The second-order valence-corrected chi connectivity index (χ2v) is 6.32. The van der Waals surface area contributed by atoms with Crippen LogP contribution in [0.15, 0.2) is 39.9 Å². The average molecular weight is 347 g/mol. The Morgan fingerprint density at radius 2 is 2.17 bits per heavy atom. The molecule has 0 unspecified atom stereocenters. The van der Waals surface area contributed by atoms with E-state index in [2.05, 4.69) is 10.5 Å². The predicted molar refractivity (Wildman–Crippen MR) is 92.5 cm³/mol. The lowest BCUT2D eigenvalue weighted by molar-refractivity contribution is 0.0923. The molecule has 24 heavy (non-hydrogen) atoms. The van der Waals surface area contributed by atoms with E-state index in [1.54, 1.807) is 18.2 Å². The Balaban J connectivity index is 1.59. The van der Waals surface area contributed by atoms with Gasteiger partial charge in [-0.2, -0.15) is 5.10 Å². The van der Waals surface area contributed by atoms with Crippen LogP contribution in [0, 0.1) is 12.8 Å². The minimum Gasteiger partial charge on any atom is -0.484 e. The van der Waals surface area contributed by atoms with Gasteiger partial charge < -0.3 is 9.15 Å². The van der Waals surface area contributed by atoms with Crippen molar-refractivity contribution in [2.45, 2.75) is 33.3 Å². The largest absolute Gasteiger partial charge is 0.484 e. The molecule has 1 aromatic carbocycles. The maximum atomic E-state index is 12.0. The second-order valence-electron chi connectivity index (χ2n) is 5.91. The Kier molecular flexibility index (Phi) is 4.90. The quantitative estimate of drug-likeness (QED) is 0.625. The minimum atomic E-state index is -0.366. The molecule has 0 saturated heterocycles. The predicted octanol–water partition coefficient (Wildman–Crippen LogP) is 4.34. The first-order valence-corrected chi connectivity index (χ1v) is 8.23. The molecule has 1 fully saturated rings. The van der Waals surface area contributed by atoms with Gasteiger partial charge >= 0.3 is 5.91 Å². The first-order valence-electron chi connectivity index (χ1n) is 7.85. The lowest BCUT2D eigenvalue weighted by atomic mass is 10.2. The number of hydrogen-bond acceptors (Lipinski definition) is 4. The Morgan fingerprint density at radius 1 is 1.38 bits per heavy atom. The van der Waals surface area contributed by atoms with Crippen LogP contribution in [0.1, 0.15) is 41.6 Å². The third-order valence-corrected chi connectivity index (χ3v) is 4.21. The molecule has 1 aliphatic rings. The van der Waals surface area contributed by atoms with Gasteiger partial charge in [0.15, 0.2) is 5.76 Å². The number of furan rings is 1. The summed E-state index contributed by atoms with van der Waals surface area (Å²) < 4.78 is 11.2. The number of carbonyl (C=O) groups excluding carboxylic acids is 1. The Morgan fingerprint density at radius 3 is 2.88 bits per heavy atom. The number of ether oxygens (including phenoxy) is 1. The number of benzene rings is 1. The van der Waals surface area contributed by atoms with Gasteiger partial charge in [-0.15, -0.1) is 0 Å². The molecule has 1 aromatic heterocycles. The summed E-state index contributed by atoms with van der Waals surface area (Å²) in [5.74, 6) is 1.52. The van der Waals surface area contributed by atoms with E-state index >= 15 is 0 Å². The lowest BCUT2D eigenvalue weighted by Crippen LogP contribution is -2.18. The van der Waals surface area contributed by atoms with Crippen molar-refractivity contribution in [2.75, 3.05) is 0 Å². The van der Waals surface area contributed by atoms with Gasteiger partial charge in [0.1, 0.15) is 18.1 Å². The van der Waals surface area contributed by atoms with Crippen molar-refractivity contribution < 1.29 is 13.9 Å². The van der Waals surface area contributed by atoms with Crippen molar-refractivity contribution >= 4 is 23.2 Å². The summed E-state index contributed by atoms with van der Waals surface area (Å²) in [6.07, 6.45) is 2.30. The van der Waals surface area contributed by atoms with Crippen LogP contribution in [0.25, 0.3) is 0 Å². The standard InChI is InChI=1S/C18H19ClN2O3/c1-11-4-3-5-15(19)17(11)23-10-14-8-9-16(24-14)18(22)21-20-12(2)13-6-7-13/h3-5,8-9,13H,6-7,10H2,1-2H3,(H,21,22)/b20-12+. The van der Waals surface area contributed by atoms with Gasteiger partial charge in [-0.25, -0.2) is 5.43 Å². The molecule has 0 spiro atoms. The number of aryl methyl sites for hydroxylation is 1. The smallest absolute Gasteiger partial charge is 0.307 e. The number of nitrogens with one attached hydrogen (secondary N) is 1. The SMILES string of the molecule is C/C(=N\NC(=O)c1ccc(COc2c(C)cccc2Cl)o1)C1CC1. The summed E-state index contributed by atoms with van der Waals surface area (Å²) >= 11 is 6.12. The molecule has 0 radical (unpaired) electrons. The summed E-state index contributed by atoms with van der Waals surface area (Å²) in [6, 6.07) is 8.87. The third-order valence-electron chi connectivity index (χ3n) is 3.91. The second kappa shape index (κ2) is 7.09. The molecule has 1 N–H and O–H groups in total. The Labute approximate surface area is 145 Å². The van der Waals surface area contributed by atoms with Gasteiger partial charge in [0, 0.05) is 5.71 Å². The van der Waals surface area contributed by atoms with E-state index in [1.165, 1.54) is 0 Å². The van der Waals surface area contributed by atoms with E-state index in [0.717, 1.165) is 24.1 Å². The topological polar surface area (TPSA) is 63.8 Å². The molecule has 2 aromatic rings. The molecule has 1 heterocycles. The number of carbonyl (C=O) groups is 1. The number of amides is 1. The average Bonchev–Trinajstić information content (AvgIpc) is 3.31. The van der Waals surface area contributed by atoms with E-state index in [0.29, 0.717) is 22.5 Å². The maximum Gasteiger partial charge on any atom is 0.307 e. The van der Waals surface area contributed by atoms with Gasteiger partial charge in [-0.3, -0.25) is 4.79 Å². The van der Waals surface area contributed by atoms with Crippen molar-refractivity contribution in [3.05, 3.63) is 52.4 Å². The van der Waals surface area contributed by atoms with Crippen molar-refractivity contribution in [3.63, 3.8) is 0 Å². The fourth-order valence-corrected chi connectivity index (χ4v) is 2.58. The fourth-order valence-electron chi connectivity index (χ4n) is 2.31.